The molecule has 1 rings (SSSR count). The van der Waals surface area contributed by atoms with E-state index in [4.69, 9.17) is 19.3 Å². The van der Waals surface area contributed by atoms with Crippen LogP contribution in [0.5, 0.6) is 0 Å². The van der Waals surface area contributed by atoms with Crippen LogP contribution in [0.25, 0.3) is 0 Å². The van der Waals surface area contributed by atoms with E-state index in [9.17, 15) is 53.3 Å². The molecule has 10 atom stereocenters. The van der Waals surface area contributed by atoms with Gasteiger partial charge >= 0.3 is 101 Å². The van der Waals surface area contributed by atoms with Gasteiger partial charge in [0.2, 0.25) is 0 Å². The molecule has 0 amide bonds. The van der Waals surface area contributed by atoms with Gasteiger partial charge in [0.15, 0.2) is 6.10 Å². The van der Waals surface area contributed by atoms with Crippen molar-refractivity contribution in [2.45, 2.75) is 108 Å². The maximum absolute atomic E-state index is 12.6. The van der Waals surface area contributed by atoms with Gasteiger partial charge in [-0.15, -0.1) is 0 Å². The van der Waals surface area contributed by atoms with Gasteiger partial charge in [0.1, 0.15) is 43.2 Å². The first kappa shape index (κ1) is 52.5. The minimum absolute atomic E-state index is 0. The van der Waals surface area contributed by atoms with Crippen LogP contribution in [-0.4, -0.2) is 93.0 Å². The number of hydrogen-bond donors (Lipinski definition) is 5. The van der Waals surface area contributed by atoms with Crippen molar-refractivity contribution in [3.05, 3.63) is 0 Å². The number of phosphoric ester groups is 3. The maximum atomic E-state index is 12.6. The quantitative estimate of drug-likeness (QED) is 0.0333. The van der Waals surface area contributed by atoms with E-state index in [2.05, 4.69) is 18.1 Å². The predicted octanol–water partition coefficient (Wildman–Crippen LogP) is -10.7. The summed E-state index contributed by atoms with van der Waals surface area (Å²) in [7, 11) is -17.3. The van der Waals surface area contributed by atoms with E-state index < -0.39 is 91.3 Å². The number of esters is 2. The van der Waals surface area contributed by atoms with Crippen molar-refractivity contribution in [2.75, 3.05) is 13.2 Å². The Morgan fingerprint density at radius 2 is 1.11 bits per heavy atom. The van der Waals surface area contributed by atoms with E-state index in [1.165, 1.54) is 0 Å². The van der Waals surface area contributed by atoms with Gasteiger partial charge in [-0.05, 0) is 12.8 Å². The standard InChI is InChI=1S/C21H41O19P3.3Na/c1-3-5-7-9-14(22)35-11-13(37-15(23)10-8-6-4-2)12-36-43(33,34)40-19-16(24)17(25)20(38-41(27,28)29)21(18(19)26)39-42(30,31)32;;;/h13,16-21,24-26H,3-12H2,1-2H3,(H,33,34)(H2,27,28,29)(H2,30,31,32);;;/q;3*+1/p-3/t13-,16-,17+,18+,19-,20-,21-;;;/m1.../s1. The molecule has 0 bridgehead atoms. The summed E-state index contributed by atoms with van der Waals surface area (Å²) in [5, 5.41) is 31.0. The average molecular weight is 756 g/mol. The summed E-state index contributed by atoms with van der Waals surface area (Å²) in [5.41, 5.74) is 0. The maximum Gasteiger partial charge on any atom is 1.00 e. The number of unbranched alkanes of at least 4 members (excludes halogenated alkanes) is 4. The van der Waals surface area contributed by atoms with Gasteiger partial charge < -0.3 is 67.4 Å². The summed E-state index contributed by atoms with van der Waals surface area (Å²) in [4.78, 5) is 77.1. The summed E-state index contributed by atoms with van der Waals surface area (Å²) in [6, 6.07) is 0. The van der Waals surface area contributed by atoms with Crippen LogP contribution >= 0.6 is 23.5 Å². The molecule has 1 aliphatic carbocycles. The number of aliphatic hydroxyl groups is 3. The first-order valence-corrected chi connectivity index (χ1v) is 17.7. The fourth-order valence-corrected chi connectivity index (χ4v) is 5.92. The fourth-order valence-electron chi connectivity index (χ4n) is 3.85. The molecular weight excluding hydrogens is 718 g/mol. The Bertz CT molecular complexity index is 1030. The molecule has 0 spiro atoms. The Hall–Kier alpha value is 2.15. The predicted molar refractivity (Wildman–Crippen MR) is 135 cm³/mol. The summed E-state index contributed by atoms with van der Waals surface area (Å²) >= 11 is 0. The zero-order chi connectivity index (χ0) is 33.0. The van der Waals surface area contributed by atoms with E-state index in [0.29, 0.717) is 19.3 Å². The Balaban J connectivity index is -0.00000616. The van der Waals surface area contributed by atoms with Crippen LogP contribution in [0.2, 0.25) is 0 Å². The number of rotatable bonds is 20. The molecule has 0 aliphatic heterocycles. The van der Waals surface area contributed by atoms with Crippen LogP contribution < -0.4 is 103 Å². The minimum atomic E-state index is -5.85. The molecule has 1 fully saturated rings. The topological polar surface area (TPSA) is 311 Å². The molecule has 0 aromatic heterocycles. The zero-order valence-electron chi connectivity index (χ0n) is 26.4. The molecule has 0 radical (unpaired) electrons. The molecule has 46 heavy (non-hydrogen) atoms. The Labute approximate surface area is 332 Å². The van der Waals surface area contributed by atoms with Gasteiger partial charge in [0.25, 0.3) is 23.5 Å². The second-order valence-electron chi connectivity index (χ2n) is 9.57. The van der Waals surface area contributed by atoms with Gasteiger partial charge in [-0.1, -0.05) is 39.5 Å². The molecule has 1 saturated carbocycles. The van der Waals surface area contributed by atoms with Gasteiger partial charge in [-0.2, -0.15) is 0 Å². The molecule has 0 heterocycles. The second-order valence-corrected chi connectivity index (χ2v) is 13.2. The van der Waals surface area contributed by atoms with Crippen molar-refractivity contribution < 1.29 is 179 Å². The van der Waals surface area contributed by atoms with Crippen molar-refractivity contribution in [2.24, 2.45) is 0 Å². The normalized spacial score (nSPS) is 27.2. The van der Waals surface area contributed by atoms with Crippen LogP contribution in [0.3, 0.4) is 0 Å². The summed E-state index contributed by atoms with van der Waals surface area (Å²) in [6.07, 6.45) is -13.0. The van der Waals surface area contributed by atoms with Gasteiger partial charge in [-0.3, -0.25) is 23.3 Å². The first-order valence-electron chi connectivity index (χ1n) is 13.3. The number of ether oxygens (including phenoxy) is 2. The van der Waals surface area contributed by atoms with Gasteiger partial charge in [-0.25, -0.2) is 0 Å². The van der Waals surface area contributed by atoms with Crippen LogP contribution in [-0.2, 0) is 50.9 Å². The number of carbonyl (C=O) groups excluding carboxylic acids is 2. The number of phosphoric acid groups is 3. The molecule has 1 aliphatic rings. The third kappa shape index (κ3) is 21.5. The molecular formula is C21H38Na3O19P3. The Morgan fingerprint density at radius 3 is 1.57 bits per heavy atom. The first-order chi connectivity index (χ1) is 19.8. The van der Waals surface area contributed by atoms with Crippen molar-refractivity contribution in [3.8, 4) is 0 Å². The number of hydrogen-bond acceptors (Lipinski definition) is 17. The average Bonchev–Trinajstić information content (AvgIpc) is 2.88. The molecule has 25 heteroatoms. The Kier molecular flexibility index (Phi) is 28.7. The summed E-state index contributed by atoms with van der Waals surface area (Å²) in [6.45, 7) is 2.20. The largest absolute Gasteiger partial charge is 1.00 e. The molecule has 3 unspecified atom stereocenters. The van der Waals surface area contributed by atoms with Crippen LogP contribution in [0.1, 0.15) is 65.2 Å². The van der Waals surface area contributed by atoms with Crippen LogP contribution in [0, 0.1) is 0 Å². The van der Waals surface area contributed by atoms with Crippen molar-refractivity contribution >= 4 is 35.4 Å². The third-order valence-electron chi connectivity index (χ3n) is 5.90. The Morgan fingerprint density at radius 1 is 0.674 bits per heavy atom. The molecule has 5 N–H and O–H groups in total. The number of aliphatic hydroxyl groups excluding tert-OH is 3. The number of carbonyl (C=O) groups is 2. The van der Waals surface area contributed by atoms with Crippen molar-refractivity contribution in [1.82, 2.24) is 0 Å². The molecule has 0 saturated heterocycles. The van der Waals surface area contributed by atoms with Crippen LogP contribution in [0.15, 0.2) is 0 Å². The van der Waals surface area contributed by atoms with Gasteiger partial charge in [0.05, 0.1) is 6.61 Å². The summed E-state index contributed by atoms with van der Waals surface area (Å²) in [5.74, 6) is -1.42. The smallest absolute Gasteiger partial charge is 0.756 e. The third-order valence-corrected chi connectivity index (χ3v) is 7.88. The molecule has 0 aromatic carbocycles. The van der Waals surface area contributed by atoms with E-state index in [0.717, 1.165) is 19.3 Å². The van der Waals surface area contributed by atoms with E-state index in [-0.39, 0.29) is 102 Å². The van der Waals surface area contributed by atoms with Crippen molar-refractivity contribution in [3.63, 3.8) is 0 Å². The fraction of sp³-hybridized carbons (Fsp3) is 0.905. The minimum Gasteiger partial charge on any atom is -0.756 e. The molecule has 0 aromatic rings. The van der Waals surface area contributed by atoms with E-state index in [1.54, 1.807) is 0 Å². The summed E-state index contributed by atoms with van der Waals surface area (Å²) < 4.78 is 62.5. The molecule has 254 valence electrons. The van der Waals surface area contributed by atoms with E-state index >= 15 is 0 Å². The van der Waals surface area contributed by atoms with Crippen molar-refractivity contribution in [1.29, 1.82) is 0 Å². The SMILES string of the molecule is CCCCCC(=O)OC[C@H](COP(=O)([O-])O[C@@H]1[C@H](O)[C@H](O)[C@@H](OP(=O)([O-])O)[C@H](OP(=O)([O-])O)[C@H]1O)OC(=O)CCCCC.[Na+].[Na+].[Na+]. The zero-order valence-corrected chi connectivity index (χ0v) is 35.1. The second kappa shape index (κ2) is 25.2. The van der Waals surface area contributed by atoms with Crippen LogP contribution in [0.4, 0.5) is 0 Å². The molecule has 19 nitrogen and oxygen atoms in total. The monoisotopic (exact) mass is 756 g/mol. The van der Waals surface area contributed by atoms with E-state index in [1.807, 2.05) is 13.8 Å². The van der Waals surface area contributed by atoms with Gasteiger partial charge in [0, 0.05) is 12.8 Å².